The van der Waals surface area contributed by atoms with Gasteiger partial charge in [0.15, 0.2) is 0 Å². The maximum Gasteiger partial charge on any atom is 0.132 e. The Labute approximate surface area is 110 Å². The first-order chi connectivity index (χ1) is 8.14. The molecule has 1 atom stereocenters. The smallest absolute Gasteiger partial charge is 0.132 e. The lowest BCUT2D eigenvalue weighted by molar-refractivity contribution is 0.264. The highest BCUT2D eigenvalue weighted by atomic mass is 35.5. The second-order valence-corrected chi connectivity index (χ2v) is 5.71. The van der Waals surface area contributed by atoms with Crippen LogP contribution < -0.4 is 4.90 Å². The Morgan fingerprint density at radius 3 is 2.47 bits per heavy atom. The summed E-state index contributed by atoms with van der Waals surface area (Å²) in [5.74, 6) is 0. The third-order valence-electron chi connectivity index (χ3n) is 3.88. The molecule has 0 amide bonds. The average Bonchev–Trinajstić information content (AvgIpc) is 2.91. The summed E-state index contributed by atoms with van der Waals surface area (Å²) >= 11 is 11.9. The number of aromatic nitrogens is 1. The van der Waals surface area contributed by atoms with Gasteiger partial charge >= 0.3 is 0 Å². The van der Waals surface area contributed by atoms with Gasteiger partial charge in [-0.15, -0.1) is 0 Å². The molecule has 1 aromatic heterocycles. The molecule has 3 rings (SSSR count). The molecule has 1 spiro atoms. The fraction of sp³-hybridized carbons (Fsp3) is 0.583. The maximum atomic E-state index is 9.47. The van der Waals surface area contributed by atoms with E-state index in [1.54, 1.807) is 0 Å². The fourth-order valence-electron chi connectivity index (χ4n) is 2.96. The van der Waals surface area contributed by atoms with Crippen LogP contribution in [0.1, 0.15) is 25.7 Å². The van der Waals surface area contributed by atoms with Gasteiger partial charge in [-0.05, 0) is 37.8 Å². The molecule has 17 heavy (non-hydrogen) atoms. The molecule has 1 saturated heterocycles. The highest BCUT2D eigenvalue weighted by Gasteiger charge is 2.54. The van der Waals surface area contributed by atoms with E-state index in [9.17, 15) is 5.11 Å². The van der Waals surface area contributed by atoms with Crippen molar-refractivity contribution < 1.29 is 5.11 Å². The summed E-state index contributed by atoms with van der Waals surface area (Å²) in [6, 6.07) is 3.86. The fourth-order valence-corrected chi connectivity index (χ4v) is 3.41. The van der Waals surface area contributed by atoms with E-state index in [2.05, 4.69) is 9.88 Å². The van der Waals surface area contributed by atoms with Crippen LogP contribution in [0.4, 0.5) is 5.69 Å². The van der Waals surface area contributed by atoms with Gasteiger partial charge in [0.1, 0.15) is 10.3 Å². The number of anilines is 1. The van der Waals surface area contributed by atoms with E-state index in [1.165, 1.54) is 12.8 Å². The molecule has 0 bridgehead atoms. The molecule has 1 aliphatic carbocycles. The zero-order valence-electron chi connectivity index (χ0n) is 9.37. The summed E-state index contributed by atoms with van der Waals surface area (Å²) in [7, 11) is 0. The van der Waals surface area contributed by atoms with E-state index in [0.717, 1.165) is 18.5 Å². The van der Waals surface area contributed by atoms with Gasteiger partial charge in [-0.25, -0.2) is 4.98 Å². The van der Waals surface area contributed by atoms with Gasteiger partial charge in [0.05, 0.1) is 12.6 Å². The third kappa shape index (κ3) is 1.90. The molecule has 1 N–H and O–H groups in total. The first-order valence-corrected chi connectivity index (χ1v) is 6.63. The van der Waals surface area contributed by atoms with Crippen LogP contribution in [-0.2, 0) is 0 Å². The molecule has 2 heterocycles. The lowest BCUT2D eigenvalue weighted by Gasteiger charge is -2.32. The number of hydrogen-bond acceptors (Lipinski definition) is 3. The van der Waals surface area contributed by atoms with E-state index < -0.39 is 0 Å². The molecule has 5 heteroatoms. The number of halogens is 2. The van der Waals surface area contributed by atoms with Crippen molar-refractivity contribution in [2.45, 2.75) is 37.3 Å². The SMILES string of the molecule is OCC1CCC2(CC2)N1c1cc(Cl)nc(Cl)c1. The number of rotatable bonds is 2. The molecular weight excluding hydrogens is 259 g/mol. The lowest BCUT2D eigenvalue weighted by Crippen LogP contribution is -2.39. The lowest BCUT2D eigenvalue weighted by atomic mass is 10.2. The average molecular weight is 273 g/mol. The van der Waals surface area contributed by atoms with Crippen LogP contribution in [0.2, 0.25) is 10.3 Å². The van der Waals surface area contributed by atoms with Gasteiger partial charge in [-0.1, -0.05) is 23.2 Å². The highest BCUT2D eigenvalue weighted by molar-refractivity contribution is 6.32. The molecule has 1 unspecified atom stereocenters. The zero-order chi connectivity index (χ0) is 12.0. The van der Waals surface area contributed by atoms with Crippen molar-refractivity contribution in [2.24, 2.45) is 0 Å². The van der Waals surface area contributed by atoms with Crippen LogP contribution in [0, 0.1) is 0 Å². The maximum absolute atomic E-state index is 9.47. The van der Waals surface area contributed by atoms with Gasteiger partial charge in [-0.2, -0.15) is 0 Å². The Bertz CT molecular complexity index is 428. The summed E-state index contributed by atoms with van der Waals surface area (Å²) in [5.41, 5.74) is 1.24. The Hall–Kier alpha value is -0.510. The molecule has 2 fully saturated rings. The van der Waals surface area contributed by atoms with Crippen molar-refractivity contribution in [1.29, 1.82) is 0 Å². The van der Waals surface area contributed by atoms with E-state index in [4.69, 9.17) is 23.2 Å². The predicted octanol–water partition coefficient (Wildman–Crippen LogP) is 2.88. The first kappa shape index (κ1) is 11.6. The molecule has 2 aliphatic rings. The summed E-state index contributed by atoms with van der Waals surface area (Å²) in [5, 5.41) is 10.3. The van der Waals surface area contributed by atoms with Gasteiger partial charge in [0.2, 0.25) is 0 Å². The second-order valence-electron chi connectivity index (χ2n) is 4.94. The van der Waals surface area contributed by atoms with Gasteiger partial charge in [-0.3, -0.25) is 0 Å². The summed E-state index contributed by atoms with van der Waals surface area (Å²) in [6.07, 6.45) is 4.58. The van der Waals surface area contributed by atoms with Gasteiger partial charge < -0.3 is 10.0 Å². The first-order valence-electron chi connectivity index (χ1n) is 5.88. The number of nitrogens with zero attached hydrogens (tertiary/aromatic N) is 2. The monoisotopic (exact) mass is 272 g/mol. The zero-order valence-corrected chi connectivity index (χ0v) is 10.9. The van der Waals surface area contributed by atoms with Crippen LogP contribution in [-0.4, -0.2) is 28.3 Å². The van der Waals surface area contributed by atoms with Crippen LogP contribution in [0.3, 0.4) is 0 Å². The van der Waals surface area contributed by atoms with Crippen molar-refractivity contribution in [3.63, 3.8) is 0 Å². The van der Waals surface area contributed by atoms with E-state index >= 15 is 0 Å². The summed E-state index contributed by atoms with van der Waals surface area (Å²) < 4.78 is 0. The van der Waals surface area contributed by atoms with Crippen molar-refractivity contribution in [3.8, 4) is 0 Å². The van der Waals surface area contributed by atoms with Gasteiger partial charge in [0.25, 0.3) is 0 Å². The van der Waals surface area contributed by atoms with Crippen LogP contribution >= 0.6 is 23.2 Å². The number of aliphatic hydroxyl groups is 1. The van der Waals surface area contributed by atoms with E-state index in [0.29, 0.717) is 10.3 Å². The Balaban J connectivity index is 2.00. The van der Waals surface area contributed by atoms with Gasteiger partial charge in [0, 0.05) is 11.2 Å². The highest BCUT2D eigenvalue weighted by Crippen LogP contribution is 2.53. The predicted molar refractivity (Wildman–Crippen MR) is 68.8 cm³/mol. The largest absolute Gasteiger partial charge is 0.394 e. The quantitative estimate of drug-likeness (QED) is 0.842. The number of aliphatic hydroxyl groups excluding tert-OH is 1. The van der Waals surface area contributed by atoms with Crippen molar-refractivity contribution in [1.82, 2.24) is 4.98 Å². The minimum Gasteiger partial charge on any atom is -0.394 e. The molecule has 3 nitrogen and oxygen atoms in total. The number of hydrogen-bond donors (Lipinski definition) is 1. The molecule has 0 aromatic carbocycles. The Morgan fingerprint density at radius 2 is 1.94 bits per heavy atom. The van der Waals surface area contributed by atoms with Crippen LogP contribution in [0.5, 0.6) is 0 Å². The molecule has 92 valence electrons. The Kier molecular flexibility index (Phi) is 2.73. The summed E-state index contributed by atoms with van der Waals surface area (Å²) in [4.78, 5) is 6.26. The molecule has 0 radical (unpaired) electrons. The molecule has 1 aromatic rings. The standard InChI is InChI=1S/C12H14Cl2N2O/c13-10-5-9(6-11(14)15-10)16-8(7-17)1-2-12(16)3-4-12/h5-6,8,17H,1-4,7H2. The normalized spacial score (nSPS) is 25.6. The topological polar surface area (TPSA) is 36.4 Å². The molecule has 1 saturated carbocycles. The minimum atomic E-state index is 0.180. The third-order valence-corrected chi connectivity index (χ3v) is 4.27. The van der Waals surface area contributed by atoms with Crippen molar-refractivity contribution in [3.05, 3.63) is 22.4 Å². The molecule has 1 aliphatic heterocycles. The van der Waals surface area contributed by atoms with Crippen molar-refractivity contribution >= 4 is 28.9 Å². The van der Waals surface area contributed by atoms with E-state index in [1.807, 2.05) is 12.1 Å². The minimum absolute atomic E-state index is 0.180. The van der Waals surface area contributed by atoms with E-state index in [-0.39, 0.29) is 18.2 Å². The number of pyridine rings is 1. The second kappa shape index (κ2) is 4.01. The van der Waals surface area contributed by atoms with Crippen molar-refractivity contribution in [2.75, 3.05) is 11.5 Å². The Morgan fingerprint density at radius 1 is 1.29 bits per heavy atom. The van der Waals surface area contributed by atoms with Crippen LogP contribution in [0.25, 0.3) is 0 Å². The molecular formula is C12H14Cl2N2O. The summed E-state index contributed by atoms with van der Waals surface area (Å²) in [6.45, 7) is 0.180. The van der Waals surface area contributed by atoms with Crippen LogP contribution in [0.15, 0.2) is 12.1 Å².